The van der Waals surface area contributed by atoms with Gasteiger partial charge in [-0.2, -0.15) is 4.31 Å². The number of sulfonamides is 1. The summed E-state index contributed by atoms with van der Waals surface area (Å²) in [4.78, 5) is 29.1. The number of benzene rings is 3. The van der Waals surface area contributed by atoms with E-state index in [1.807, 2.05) is 48.5 Å². The normalized spacial score (nSPS) is 14.5. The van der Waals surface area contributed by atoms with Crippen LogP contribution in [-0.4, -0.2) is 62.3 Å². The second-order valence-electron chi connectivity index (χ2n) is 9.89. The molecule has 1 N–H and O–H groups in total. The highest BCUT2D eigenvalue weighted by Gasteiger charge is 2.32. The van der Waals surface area contributed by atoms with Crippen LogP contribution < -0.4 is 10.1 Å². The predicted molar refractivity (Wildman–Crippen MR) is 158 cm³/mol. The molecule has 0 unspecified atom stereocenters. The second kappa shape index (κ2) is 14.1. The maximum atomic E-state index is 13.8. The molecule has 1 aliphatic heterocycles. The number of furan rings is 1. The first-order chi connectivity index (χ1) is 20.9. The molecule has 0 radical (unpaired) electrons. The largest absolute Gasteiger partial charge is 0.484 e. The van der Waals surface area contributed by atoms with Crippen molar-refractivity contribution in [3.63, 3.8) is 0 Å². The number of carbonyl (C=O) groups excluding carboxylic acids is 2. The van der Waals surface area contributed by atoms with E-state index in [9.17, 15) is 18.0 Å². The number of ether oxygens (including phenoxy) is 2. The van der Waals surface area contributed by atoms with E-state index < -0.39 is 22.0 Å². The van der Waals surface area contributed by atoms with Crippen molar-refractivity contribution in [2.24, 2.45) is 0 Å². The third-order valence-electron chi connectivity index (χ3n) is 7.00. The molecule has 2 amide bonds. The lowest BCUT2D eigenvalue weighted by Gasteiger charge is -2.31. The summed E-state index contributed by atoms with van der Waals surface area (Å²) in [6.07, 6.45) is 1.53. The average molecular weight is 604 g/mol. The first kappa shape index (κ1) is 30.0. The smallest absolute Gasteiger partial charge is 0.261 e. The van der Waals surface area contributed by atoms with Crippen LogP contribution in [-0.2, 0) is 37.4 Å². The van der Waals surface area contributed by atoms with Crippen LogP contribution in [0.1, 0.15) is 22.9 Å². The predicted octanol–water partition coefficient (Wildman–Crippen LogP) is 3.77. The maximum Gasteiger partial charge on any atom is 0.261 e. The number of hydrogen-bond donors (Lipinski definition) is 1. The Bertz CT molecular complexity index is 1570. The lowest BCUT2D eigenvalue weighted by molar-refractivity contribution is -0.143. The van der Waals surface area contributed by atoms with Crippen molar-refractivity contribution in [2.45, 2.75) is 24.0 Å². The van der Waals surface area contributed by atoms with Gasteiger partial charge in [0.05, 0.1) is 30.9 Å². The Hall–Kier alpha value is -4.45. The minimum absolute atomic E-state index is 0.135. The van der Waals surface area contributed by atoms with Crippen molar-refractivity contribution in [3.8, 4) is 5.75 Å². The molecule has 0 aliphatic carbocycles. The van der Waals surface area contributed by atoms with Crippen molar-refractivity contribution >= 4 is 21.8 Å². The van der Waals surface area contributed by atoms with Gasteiger partial charge in [0.2, 0.25) is 15.9 Å². The van der Waals surface area contributed by atoms with Crippen molar-refractivity contribution in [3.05, 3.63) is 120 Å². The standard InChI is InChI=1S/C32H33N3O7S/c36-30(24-42-27-13-15-29(16-14-27)43(38,39)34-17-20-40-21-18-34)35(23-25-8-3-1-4-9-25)31(26-10-5-2-6-11-26)32(37)33-22-28-12-7-19-41-28/h1-16,19,31H,17-18,20-24H2,(H,33,37)/t31-/m1/s1. The van der Waals surface area contributed by atoms with Crippen LogP contribution in [0.25, 0.3) is 0 Å². The number of carbonyl (C=O) groups is 2. The monoisotopic (exact) mass is 603 g/mol. The summed E-state index contributed by atoms with van der Waals surface area (Å²) < 4.78 is 43.7. The van der Waals surface area contributed by atoms with Crippen LogP contribution in [0, 0.1) is 0 Å². The maximum absolute atomic E-state index is 13.8. The molecule has 224 valence electrons. The van der Waals surface area contributed by atoms with Crippen LogP contribution in [0.4, 0.5) is 0 Å². The van der Waals surface area contributed by atoms with Crippen LogP contribution >= 0.6 is 0 Å². The number of rotatable bonds is 12. The van der Waals surface area contributed by atoms with E-state index in [-0.39, 0.29) is 30.5 Å². The van der Waals surface area contributed by atoms with Gasteiger partial charge in [-0.05, 0) is 47.5 Å². The Morgan fingerprint density at radius 2 is 1.56 bits per heavy atom. The first-order valence-corrected chi connectivity index (χ1v) is 15.3. The summed E-state index contributed by atoms with van der Waals surface area (Å²) in [6, 6.07) is 27.0. The molecular formula is C32H33N3O7S. The summed E-state index contributed by atoms with van der Waals surface area (Å²) in [7, 11) is -3.66. The Balaban J connectivity index is 1.35. The first-order valence-electron chi connectivity index (χ1n) is 13.9. The van der Waals surface area contributed by atoms with Crippen LogP contribution in [0.5, 0.6) is 5.75 Å². The lowest BCUT2D eigenvalue weighted by Crippen LogP contribution is -2.45. The summed E-state index contributed by atoms with van der Waals surface area (Å²) in [5.74, 6) is 0.122. The van der Waals surface area contributed by atoms with Crippen molar-refractivity contribution < 1.29 is 31.9 Å². The molecule has 11 heteroatoms. The minimum atomic E-state index is -3.66. The molecule has 0 bridgehead atoms. The molecule has 1 saturated heterocycles. The SMILES string of the molecule is O=C(NCc1ccco1)[C@@H](c1ccccc1)N(Cc1ccccc1)C(=O)COc1ccc(S(=O)(=O)N2CCOCC2)cc1. The molecule has 1 fully saturated rings. The van der Waals surface area contributed by atoms with E-state index in [2.05, 4.69) is 5.32 Å². The van der Waals surface area contributed by atoms with Crippen molar-refractivity contribution in [1.82, 2.24) is 14.5 Å². The van der Waals surface area contributed by atoms with Crippen LogP contribution in [0.15, 0.2) is 113 Å². The van der Waals surface area contributed by atoms with E-state index in [1.165, 1.54) is 39.7 Å². The van der Waals surface area contributed by atoms with Gasteiger partial charge in [-0.1, -0.05) is 60.7 Å². The van der Waals surface area contributed by atoms with Gasteiger partial charge in [0.25, 0.3) is 5.91 Å². The van der Waals surface area contributed by atoms with E-state index in [4.69, 9.17) is 13.9 Å². The zero-order valence-electron chi connectivity index (χ0n) is 23.5. The third-order valence-corrected chi connectivity index (χ3v) is 8.92. The van der Waals surface area contributed by atoms with Gasteiger partial charge < -0.3 is 24.1 Å². The number of morpholine rings is 1. The van der Waals surface area contributed by atoms with Crippen LogP contribution in [0.3, 0.4) is 0 Å². The average Bonchev–Trinajstić information content (AvgIpc) is 3.58. The molecule has 10 nitrogen and oxygen atoms in total. The van der Waals surface area contributed by atoms with Gasteiger partial charge in [-0.3, -0.25) is 9.59 Å². The fraction of sp³-hybridized carbons (Fsp3) is 0.250. The summed E-state index contributed by atoms with van der Waals surface area (Å²) in [6.45, 7) is 1.26. The highest BCUT2D eigenvalue weighted by molar-refractivity contribution is 7.89. The second-order valence-corrected chi connectivity index (χ2v) is 11.8. The van der Waals surface area contributed by atoms with E-state index >= 15 is 0 Å². The highest BCUT2D eigenvalue weighted by atomic mass is 32.2. The third kappa shape index (κ3) is 7.69. The molecule has 1 atom stereocenters. The van der Waals surface area contributed by atoms with E-state index in [1.54, 1.807) is 24.3 Å². The molecule has 43 heavy (non-hydrogen) atoms. The Morgan fingerprint density at radius 1 is 0.884 bits per heavy atom. The molecule has 1 aliphatic rings. The molecule has 3 aromatic carbocycles. The number of nitrogens with zero attached hydrogens (tertiary/aromatic N) is 2. The van der Waals surface area contributed by atoms with E-state index in [0.717, 1.165) is 5.56 Å². The molecule has 0 saturated carbocycles. The van der Waals surface area contributed by atoms with Gasteiger partial charge in [-0.25, -0.2) is 8.42 Å². The summed E-state index contributed by atoms with van der Waals surface area (Å²) in [5, 5.41) is 2.89. The Kier molecular flexibility index (Phi) is 9.88. The van der Waals surface area contributed by atoms with Gasteiger partial charge in [0, 0.05) is 19.6 Å². The molecular weight excluding hydrogens is 570 g/mol. The number of hydrogen-bond acceptors (Lipinski definition) is 7. The zero-order chi connectivity index (χ0) is 30.1. The van der Waals surface area contributed by atoms with Gasteiger partial charge >= 0.3 is 0 Å². The lowest BCUT2D eigenvalue weighted by atomic mass is 10.0. The number of amides is 2. The van der Waals surface area contributed by atoms with Crippen molar-refractivity contribution in [2.75, 3.05) is 32.9 Å². The Labute approximate surface area is 250 Å². The number of nitrogens with one attached hydrogen (secondary N) is 1. The molecule has 2 heterocycles. The topological polar surface area (TPSA) is 118 Å². The molecule has 1 aromatic heterocycles. The summed E-state index contributed by atoms with van der Waals surface area (Å²) in [5.41, 5.74) is 1.48. The summed E-state index contributed by atoms with van der Waals surface area (Å²) >= 11 is 0. The van der Waals surface area contributed by atoms with Crippen molar-refractivity contribution in [1.29, 1.82) is 0 Å². The molecule has 5 rings (SSSR count). The quantitative estimate of drug-likeness (QED) is 0.262. The zero-order valence-corrected chi connectivity index (χ0v) is 24.3. The molecule has 4 aromatic rings. The molecule has 0 spiro atoms. The van der Waals surface area contributed by atoms with Gasteiger partial charge in [0.1, 0.15) is 17.6 Å². The highest BCUT2D eigenvalue weighted by Crippen LogP contribution is 2.25. The Morgan fingerprint density at radius 3 is 2.21 bits per heavy atom. The fourth-order valence-corrected chi connectivity index (χ4v) is 6.18. The minimum Gasteiger partial charge on any atom is -0.484 e. The van der Waals surface area contributed by atoms with Gasteiger partial charge in [-0.15, -0.1) is 0 Å². The van der Waals surface area contributed by atoms with Gasteiger partial charge in [0.15, 0.2) is 6.61 Å². The van der Waals surface area contributed by atoms with Crippen LogP contribution in [0.2, 0.25) is 0 Å². The fourth-order valence-electron chi connectivity index (χ4n) is 4.77. The van der Waals surface area contributed by atoms with E-state index in [0.29, 0.717) is 43.4 Å².